The first-order valence-corrected chi connectivity index (χ1v) is 8.66. The number of halogens is 1. The summed E-state index contributed by atoms with van der Waals surface area (Å²) in [6.45, 7) is 4.52. The third-order valence-corrected chi connectivity index (χ3v) is 5.28. The van der Waals surface area contributed by atoms with Crippen LogP contribution in [0.25, 0.3) is 0 Å². The van der Waals surface area contributed by atoms with Crippen molar-refractivity contribution in [2.75, 3.05) is 31.9 Å². The summed E-state index contributed by atoms with van der Waals surface area (Å²) in [5.41, 5.74) is 6.03. The lowest BCUT2D eigenvalue weighted by Gasteiger charge is -2.26. The summed E-state index contributed by atoms with van der Waals surface area (Å²) in [4.78, 5) is 2.11. The van der Waals surface area contributed by atoms with E-state index in [4.69, 9.17) is 5.73 Å². The second kappa shape index (κ2) is 6.72. The van der Waals surface area contributed by atoms with Crippen LogP contribution in [0.15, 0.2) is 17.0 Å². The number of sulfonamides is 1. The Morgan fingerprint density at radius 3 is 2.57 bits per heavy atom. The monoisotopic (exact) mass is 315 g/mol. The Kier molecular flexibility index (Phi) is 5.18. The molecule has 3 N–H and O–H groups in total. The fourth-order valence-corrected chi connectivity index (χ4v) is 3.50. The number of hydrogen-bond acceptors (Lipinski definition) is 4. The zero-order valence-electron chi connectivity index (χ0n) is 12.2. The lowest BCUT2D eigenvalue weighted by molar-refractivity contribution is 0.233. The molecule has 118 valence electrons. The summed E-state index contributed by atoms with van der Waals surface area (Å²) >= 11 is 0. The van der Waals surface area contributed by atoms with Crippen molar-refractivity contribution in [3.05, 3.63) is 23.5 Å². The molecule has 1 aromatic carbocycles. The minimum absolute atomic E-state index is 0.123. The average molecular weight is 315 g/mol. The van der Waals surface area contributed by atoms with E-state index in [2.05, 4.69) is 9.62 Å². The highest BCUT2D eigenvalue weighted by Gasteiger charge is 2.18. The summed E-state index contributed by atoms with van der Waals surface area (Å²) in [6, 6.07) is 2.30. The van der Waals surface area contributed by atoms with Gasteiger partial charge in [0.1, 0.15) is 5.82 Å². The fourth-order valence-electron chi connectivity index (χ4n) is 2.43. The van der Waals surface area contributed by atoms with Crippen LogP contribution in [0.3, 0.4) is 0 Å². The third kappa shape index (κ3) is 4.15. The Labute approximate surface area is 125 Å². The molecule has 2 rings (SSSR count). The SMILES string of the molecule is Cc1c(N)cc(S(=O)(=O)NCCN2CCCCC2)cc1F. The van der Waals surface area contributed by atoms with E-state index in [-0.39, 0.29) is 16.1 Å². The first kappa shape index (κ1) is 16.2. The molecule has 5 nitrogen and oxygen atoms in total. The van der Waals surface area contributed by atoms with E-state index in [9.17, 15) is 12.8 Å². The number of piperidine rings is 1. The molecule has 0 spiro atoms. The van der Waals surface area contributed by atoms with E-state index in [0.29, 0.717) is 13.1 Å². The second-order valence-electron chi connectivity index (χ2n) is 5.42. The van der Waals surface area contributed by atoms with Crippen LogP contribution in [-0.4, -0.2) is 39.5 Å². The minimum atomic E-state index is -3.72. The normalized spacial score (nSPS) is 17.0. The van der Waals surface area contributed by atoms with Crippen molar-refractivity contribution in [1.82, 2.24) is 9.62 Å². The van der Waals surface area contributed by atoms with E-state index in [1.807, 2.05) is 0 Å². The van der Waals surface area contributed by atoms with Gasteiger partial charge in [0.2, 0.25) is 10.0 Å². The van der Waals surface area contributed by atoms with Gasteiger partial charge in [-0.05, 0) is 45.0 Å². The lowest BCUT2D eigenvalue weighted by Crippen LogP contribution is -2.37. The van der Waals surface area contributed by atoms with Crippen LogP contribution in [0.5, 0.6) is 0 Å². The molecule has 0 unspecified atom stereocenters. The summed E-state index contributed by atoms with van der Waals surface area (Å²) in [6.07, 6.45) is 3.56. The first-order chi connectivity index (χ1) is 9.90. The molecule has 0 atom stereocenters. The predicted molar refractivity (Wildman–Crippen MR) is 81.0 cm³/mol. The molecule has 1 aromatic rings. The molecule has 1 heterocycles. The van der Waals surface area contributed by atoms with E-state index in [1.165, 1.54) is 19.4 Å². The van der Waals surface area contributed by atoms with Crippen LogP contribution >= 0.6 is 0 Å². The van der Waals surface area contributed by atoms with Gasteiger partial charge in [0, 0.05) is 24.3 Å². The van der Waals surface area contributed by atoms with Crippen molar-refractivity contribution in [2.24, 2.45) is 0 Å². The van der Waals surface area contributed by atoms with Gasteiger partial charge in [-0.25, -0.2) is 17.5 Å². The zero-order valence-corrected chi connectivity index (χ0v) is 13.0. The van der Waals surface area contributed by atoms with Gasteiger partial charge in [-0.1, -0.05) is 6.42 Å². The van der Waals surface area contributed by atoms with Crippen molar-refractivity contribution in [1.29, 1.82) is 0 Å². The van der Waals surface area contributed by atoms with Gasteiger partial charge in [-0.3, -0.25) is 0 Å². The number of nitrogens with zero attached hydrogens (tertiary/aromatic N) is 1. The highest BCUT2D eigenvalue weighted by atomic mass is 32.2. The van der Waals surface area contributed by atoms with Crippen molar-refractivity contribution in [2.45, 2.75) is 31.1 Å². The molecule has 1 aliphatic heterocycles. The van der Waals surface area contributed by atoms with Crippen LogP contribution < -0.4 is 10.5 Å². The van der Waals surface area contributed by atoms with E-state index < -0.39 is 15.8 Å². The third-order valence-electron chi connectivity index (χ3n) is 3.84. The molecule has 7 heteroatoms. The molecule has 0 amide bonds. The largest absolute Gasteiger partial charge is 0.398 e. The highest BCUT2D eigenvalue weighted by Crippen LogP contribution is 2.20. The van der Waals surface area contributed by atoms with E-state index in [1.54, 1.807) is 0 Å². The van der Waals surface area contributed by atoms with Crippen molar-refractivity contribution >= 4 is 15.7 Å². The van der Waals surface area contributed by atoms with Crippen LogP contribution in [0, 0.1) is 12.7 Å². The van der Waals surface area contributed by atoms with Crippen LogP contribution in [0.1, 0.15) is 24.8 Å². The number of rotatable bonds is 5. The number of hydrogen-bond donors (Lipinski definition) is 2. The van der Waals surface area contributed by atoms with Gasteiger partial charge >= 0.3 is 0 Å². The Bertz CT molecular complexity index is 575. The predicted octanol–water partition coefficient (Wildman–Crippen LogP) is 1.48. The van der Waals surface area contributed by atoms with Crippen molar-refractivity contribution < 1.29 is 12.8 Å². The number of likely N-dealkylation sites (tertiary alicyclic amines) is 1. The van der Waals surface area contributed by atoms with Gasteiger partial charge in [0.25, 0.3) is 0 Å². The number of nitrogens with two attached hydrogens (primary N) is 1. The molecule has 1 aliphatic rings. The molecule has 0 radical (unpaired) electrons. The van der Waals surface area contributed by atoms with Crippen molar-refractivity contribution in [3.8, 4) is 0 Å². The van der Waals surface area contributed by atoms with Gasteiger partial charge in [-0.15, -0.1) is 0 Å². The summed E-state index contributed by atoms with van der Waals surface area (Å²) < 4.78 is 40.4. The fraction of sp³-hybridized carbons (Fsp3) is 0.571. The molecule has 0 saturated carbocycles. The molecule has 0 aromatic heterocycles. The Morgan fingerprint density at radius 1 is 1.29 bits per heavy atom. The van der Waals surface area contributed by atoms with Crippen LogP contribution in [-0.2, 0) is 10.0 Å². The van der Waals surface area contributed by atoms with Crippen LogP contribution in [0.2, 0.25) is 0 Å². The van der Waals surface area contributed by atoms with E-state index >= 15 is 0 Å². The number of anilines is 1. The molecular weight excluding hydrogens is 293 g/mol. The maximum atomic E-state index is 13.6. The highest BCUT2D eigenvalue weighted by molar-refractivity contribution is 7.89. The number of nitrogen functional groups attached to an aromatic ring is 1. The minimum Gasteiger partial charge on any atom is -0.398 e. The van der Waals surface area contributed by atoms with Crippen LogP contribution in [0.4, 0.5) is 10.1 Å². The van der Waals surface area contributed by atoms with Gasteiger partial charge in [-0.2, -0.15) is 0 Å². The standard InChI is InChI=1S/C14H22FN3O2S/c1-11-13(15)9-12(10-14(11)16)21(19,20)17-5-8-18-6-3-2-4-7-18/h9-10,17H,2-8,16H2,1H3. The average Bonchev–Trinajstić information content (AvgIpc) is 2.45. The molecule has 1 fully saturated rings. The zero-order chi connectivity index (χ0) is 15.5. The maximum absolute atomic E-state index is 13.6. The number of benzene rings is 1. The number of nitrogens with one attached hydrogen (secondary N) is 1. The summed E-state index contributed by atoms with van der Waals surface area (Å²) in [7, 11) is -3.72. The quantitative estimate of drug-likeness (QED) is 0.807. The van der Waals surface area contributed by atoms with Gasteiger partial charge < -0.3 is 10.6 Å². The summed E-state index contributed by atoms with van der Waals surface area (Å²) in [5.74, 6) is -0.605. The van der Waals surface area contributed by atoms with Gasteiger partial charge in [0.15, 0.2) is 0 Å². The molecule has 1 saturated heterocycles. The summed E-state index contributed by atoms with van der Waals surface area (Å²) in [5, 5.41) is 0. The molecule has 0 aliphatic carbocycles. The maximum Gasteiger partial charge on any atom is 0.240 e. The molecule has 0 bridgehead atoms. The Hall–Kier alpha value is -1.18. The first-order valence-electron chi connectivity index (χ1n) is 7.18. The molecule has 21 heavy (non-hydrogen) atoms. The Balaban J connectivity index is 1.98. The second-order valence-corrected chi connectivity index (χ2v) is 7.19. The molecular formula is C14H22FN3O2S. The smallest absolute Gasteiger partial charge is 0.240 e. The lowest BCUT2D eigenvalue weighted by atomic mass is 10.1. The topological polar surface area (TPSA) is 75.4 Å². The van der Waals surface area contributed by atoms with Gasteiger partial charge in [0.05, 0.1) is 4.90 Å². The Morgan fingerprint density at radius 2 is 1.95 bits per heavy atom. The van der Waals surface area contributed by atoms with E-state index in [0.717, 1.165) is 32.0 Å². The van der Waals surface area contributed by atoms with Crippen molar-refractivity contribution in [3.63, 3.8) is 0 Å².